The molecule has 41 heavy (non-hydrogen) atoms. The Morgan fingerprint density at radius 1 is 1.02 bits per heavy atom. The number of methoxy groups -OCH3 is 1. The molecule has 0 aromatic heterocycles. The van der Waals surface area contributed by atoms with E-state index in [-0.39, 0.29) is 23.2 Å². The first kappa shape index (κ1) is 30.5. The Kier molecular flexibility index (Phi) is 9.17. The number of fused-ring (bicyclic) bond motifs is 5. The van der Waals surface area contributed by atoms with Crippen molar-refractivity contribution in [2.24, 2.45) is 52.3 Å². The maximum Gasteiger partial charge on any atom is 0.331 e. The Bertz CT molecular complexity index is 1090. The molecular weight excluding hydrogens is 508 g/mol. The number of benzene rings is 1. The van der Waals surface area contributed by atoms with Gasteiger partial charge in [0.2, 0.25) is 0 Å². The zero-order chi connectivity index (χ0) is 29.4. The van der Waals surface area contributed by atoms with Crippen LogP contribution in [-0.4, -0.2) is 24.3 Å². The predicted octanol–water partition coefficient (Wildman–Crippen LogP) is 9.45. The second-order valence-electron chi connectivity index (χ2n) is 15.2. The van der Waals surface area contributed by atoms with E-state index in [1.165, 1.54) is 71.3 Å². The van der Waals surface area contributed by atoms with E-state index in [1.54, 1.807) is 30.4 Å². The van der Waals surface area contributed by atoms with Crippen molar-refractivity contribution in [3.63, 3.8) is 0 Å². The highest BCUT2D eigenvalue weighted by Crippen LogP contribution is 2.68. The van der Waals surface area contributed by atoms with Crippen LogP contribution in [0.3, 0.4) is 0 Å². The fraction of sp³-hybridized carbons (Fsp3) is 0.757. The summed E-state index contributed by atoms with van der Waals surface area (Å²) >= 11 is 0. The maximum atomic E-state index is 13.2. The van der Waals surface area contributed by atoms with Gasteiger partial charge < -0.3 is 14.6 Å². The molecular formula is C37H56O4. The maximum absolute atomic E-state index is 13.2. The number of phenolic OH excluding ortho intramolecular Hbond substituents is 1. The standard InChI is InChI=1S/C37H56O4/c1-24(2)9-7-10-25(3)29-17-18-30-28-16-15-27-11-8-12-34(37(27,5)31(28)21-22-36(29,30)4)41-35(39)20-14-26-13-19-32(38)33(23-26)40-6/h13-14,19-20,23-25,27-31,34,38H,7-12,15-18,21-22H2,1-6H3/t25-,27?,28+,29-,30+,31+,34?,36-,37+/m1/s1. The van der Waals surface area contributed by atoms with Crippen molar-refractivity contribution in [2.75, 3.05) is 7.11 Å². The molecule has 0 aliphatic heterocycles. The smallest absolute Gasteiger partial charge is 0.331 e. The van der Waals surface area contributed by atoms with Gasteiger partial charge in [0, 0.05) is 11.5 Å². The molecule has 0 spiro atoms. The summed E-state index contributed by atoms with van der Waals surface area (Å²) in [5, 5.41) is 9.89. The molecule has 0 radical (unpaired) electrons. The van der Waals surface area contributed by atoms with Gasteiger partial charge in [-0.1, -0.05) is 59.9 Å². The highest BCUT2D eigenvalue weighted by Gasteiger charge is 2.62. The lowest BCUT2D eigenvalue weighted by molar-refractivity contribution is -0.188. The number of rotatable bonds is 9. The van der Waals surface area contributed by atoms with E-state index < -0.39 is 0 Å². The fourth-order valence-corrected chi connectivity index (χ4v) is 10.6. The molecule has 5 rings (SSSR count). The third kappa shape index (κ3) is 5.83. The monoisotopic (exact) mass is 564 g/mol. The van der Waals surface area contributed by atoms with Gasteiger partial charge in [0.05, 0.1) is 7.11 Å². The predicted molar refractivity (Wildman–Crippen MR) is 167 cm³/mol. The van der Waals surface area contributed by atoms with Gasteiger partial charge in [-0.3, -0.25) is 0 Å². The van der Waals surface area contributed by atoms with Crippen molar-refractivity contribution in [1.82, 2.24) is 0 Å². The van der Waals surface area contributed by atoms with Gasteiger partial charge in [0.1, 0.15) is 6.10 Å². The Balaban J connectivity index is 1.29. The molecule has 4 saturated carbocycles. The van der Waals surface area contributed by atoms with Crippen molar-refractivity contribution in [3.05, 3.63) is 29.8 Å². The second kappa shape index (κ2) is 12.3. The lowest BCUT2D eigenvalue weighted by Gasteiger charge is -2.62. The molecule has 0 amide bonds. The highest BCUT2D eigenvalue weighted by molar-refractivity contribution is 5.87. The minimum Gasteiger partial charge on any atom is -0.504 e. The molecule has 1 aromatic carbocycles. The average Bonchev–Trinajstić information content (AvgIpc) is 3.30. The van der Waals surface area contributed by atoms with Gasteiger partial charge in [-0.25, -0.2) is 4.79 Å². The number of ether oxygens (including phenoxy) is 2. The third-order valence-corrected chi connectivity index (χ3v) is 12.8. The number of phenols is 1. The van der Waals surface area contributed by atoms with Crippen LogP contribution in [0.4, 0.5) is 0 Å². The first-order valence-corrected chi connectivity index (χ1v) is 16.8. The van der Waals surface area contributed by atoms with Crippen LogP contribution < -0.4 is 4.74 Å². The van der Waals surface area contributed by atoms with E-state index >= 15 is 0 Å². The first-order chi connectivity index (χ1) is 19.6. The zero-order valence-electron chi connectivity index (χ0n) is 26.7. The number of carbonyl (C=O) groups is 1. The molecule has 1 aromatic rings. The van der Waals surface area contributed by atoms with Crippen molar-refractivity contribution in [1.29, 1.82) is 0 Å². The fourth-order valence-electron chi connectivity index (χ4n) is 10.6. The number of hydrogen-bond donors (Lipinski definition) is 1. The summed E-state index contributed by atoms with van der Waals surface area (Å²) < 4.78 is 11.6. The average molecular weight is 565 g/mol. The van der Waals surface area contributed by atoms with E-state index in [1.807, 2.05) is 0 Å². The number of esters is 1. The van der Waals surface area contributed by atoms with Crippen molar-refractivity contribution in [2.45, 2.75) is 118 Å². The molecule has 4 fully saturated rings. The number of hydrogen-bond acceptors (Lipinski definition) is 4. The van der Waals surface area contributed by atoms with Crippen LogP contribution >= 0.6 is 0 Å². The summed E-state index contributed by atoms with van der Waals surface area (Å²) in [4.78, 5) is 13.2. The van der Waals surface area contributed by atoms with Gasteiger partial charge in [-0.05, 0) is 128 Å². The van der Waals surface area contributed by atoms with E-state index in [4.69, 9.17) is 9.47 Å². The van der Waals surface area contributed by atoms with Crippen LogP contribution in [0.25, 0.3) is 6.08 Å². The molecule has 228 valence electrons. The Morgan fingerprint density at radius 3 is 2.59 bits per heavy atom. The van der Waals surface area contributed by atoms with Gasteiger partial charge in [0.15, 0.2) is 11.5 Å². The summed E-state index contributed by atoms with van der Waals surface area (Å²) in [6, 6.07) is 5.11. The molecule has 4 aliphatic carbocycles. The topological polar surface area (TPSA) is 55.8 Å². The van der Waals surface area contributed by atoms with Crippen LogP contribution in [0.2, 0.25) is 0 Å². The third-order valence-electron chi connectivity index (χ3n) is 12.8. The molecule has 1 N–H and O–H groups in total. The minimum atomic E-state index is -0.247. The van der Waals surface area contributed by atoms with Crippen LogP contribution in [0.15, 0.2) is 24.3 Å². The normalized spacial score (nSPS) is 37.3. The van der Waals surface area contributed by atoms with Gasteiger partial charge in [-0.15, -0.1) is 0 Å². The van der Waals surface area contributed by atoms with Crippen LogP contribution in [-0.2, 0) is 9.53 Å². The highest BCUT2D eigenvalue weighted by atomic mass is 16.5. The minimum absolute atomic E-state index is 0.00272. The largest absolute Gasteiger partial charge is 0.504 e. The molecule has 4 nitrogen and oxygen atoms in total. The second-order valence-corrected chi connectivity index (χ2v) is 15.2. The summed E-state index contributed by atoms with van der Waals surface area (Å²) in [6.07, 6.45) is 19.0. The van der Waals surface area contributed by atoms with Gasteiger partial charge in [-0.2, -0.15) is 0 Å². The van der Waals surface area contributed by atoms with E-state index in [9.17, 15) is 9.90 Å². The molecule has 9 atom stereocenters. The lowest BCUT2D eigenvalue weighted by atomic mass is 9.44. The first-order valence-electron chi connectivity index (χ1n) is 16.8. The quantitative estimate of drug-likeness (QED) is 0.240. The Labute approximate surface area is 249 Å². The van der Waals surface area contributed by atoms with E-state index in [2.05, 4.69) is 34.6 Å². The van der Waals surface area contributed by atoms with Crippen LogP contribution in [0.1, 0.15) is 117 Å². The van der Waals surface area contributed by atoms with Crippen molar-refractivity contribution in [3.8, 4) is 11.5 Å². The molecule has 0 heterocycles. The number of carbonyl (C=O) groups excluding carboxylic acids is 1. The van der Waals surface area contributed by atoms with Crippen molar-refractivity contribution < 1.29 is 19.4 Å². The molecule has 4 aliphatic rings. The van der Waals surface area contributed by atoms with Crippen molar-refractivity contribution >= 4 is 12.0 Å². The van der Waals surface area contributed by atoms with Gasteiger partial charge >= 0.3 is 5.97 Å². The molecule has 0 bridgehead atoms. The van der Waals surface area contributed by atoms with Crippen LogP contribution in [0.5, 0.6) is 11.5 Å². The van der Waals surface area contributed by atoms with Crippen LogP contribution in [0, 0.1) is 52.3 Å². The van der Waals surface area contributed by atoms with E-state index in [0.717, 1.165) is 48.0 Å². The molecule has 2 unspecified atom stereocenters. The summed E-state index contributed by atoms with van der Waals surface area (Å²) in [7, 11) is 1.53. The SMILES string of the molecule is COc1cc(C=CC(=O)OC2CCCC3CC[C@@H]4[C@H](CC[C@]5(C)[C@@H]([C@H](C)CCCC(C)C)CC[C@@H]45)[C@]32C)ccc1O. The zero-order valence-corrected chi connectivity index (χ0v) is 26.7. The summed E-state index contributed by atoms with van der Waals surface area (Å²) in [6.45, 7) is 12.4. The summed E-state index contributed by atoms with van der Waals surface area (Å²) in [5.74, 6) is 5.70. The Morgan fingerprint density at radius 2 is 1.83 bits per heavy atom. The Hall–Kier alpha value is -1.97. The van der Waals surface area contributed by atoms with Gasteiger partial charge in [0.25, 0.3) is 0 Å². The molecule has 0 saturated heterocycles. The number of aromatic hydroxyl groups is 1. The van der Waals surface area contributed by atoms with E-state index in [0.29, 0.717) is 23.0 Å². The summed E-state index contributed by atoms with van der Waals surface area (Å²) in [5.41, 5.74) is 1.37. The molecule has 4 heteroatoms. The lowest BCUT2D eigenvalue weighted by Crippen LogP contribution is -2.58.